The van der Waals surface area contributed by atoms with Crippen LogP contribution in [0.15, 0.2) is 0 Å². The Morgan fingerprint density at radius 1 is 1.45 bits per heavy atom. The number of rotatable bonds is 2. The van der Waals surface area contributed by atoms with E-state index in [1.54, 1.807) is 0 Å². The second-order valence-corrected chi connectivity index (χ2v) is 2.72. The molecular weight excluding hydrogens is 183 g/mol. The van der Waals surface area contributed by atoms with Crippen molar-refractivity contribution < 1.29 is 0 Å². The Labute approximate surface area is 81.5 Å². The highest BCUT2D eigenvalue weighted by Gasteiger charge is 2.16. The largest absolute Gasteiger partial charge is 0.315 e. The number of hydrogen-bond acceptors (Lipinski definition) is 2. The highest BCUT2D eigenvalue weighted by atomic mass is 35.5. The van der Waals surface area contributed by atoms with Crippen molar-refractivity contribution in [1.82, 2.24) is 10.2 Å². The molecule has 70 valence electrons. The maximum absolute atomic E-state index is 3.35. The predicted octanol–water partition coefficient (Wildman–Crippen LogP) is 1.14. The molecule has 1 aliphatic heterocycles. The molecule has 11 heavy (non-hydrogen) atoms. The van der Waals surface area contributed by atoms with E-state index in [4.69, 9.17) is 0 Å². The van der Waals surface area contributed by atoms with E-state index in [-0.39, 0.29) is 24.8 Å². The van der Waals surface area contributed by atoms with Crippen LogP contribution in [0.5, 0.6) is 0 Å². The van der Waals surface area contributed by atoms with Crippen LogP contribution in [0.2, 0.25) is 0 Å². The Morgan fingerprint density at radius 3 is 2.45 bits per heavy atom. The zero-order valence-corrected chi connectivity index (χ0v) is 8.80. The molecule has 1 saturated heterocycles. The van der Waals surface area contributed by atoms with Crippen LogP contribution in [-0.2, 0) is 0 Å². The molecule has 1 atom stereocenters. The molecule has 2 nitrogen and oxygen atoms in total. The summed E-state index contributed by atoms with van der Waals surface area (Å²) in [5.41, 5.74) is 0. The maximum atomic E-state index is 3.35. The fourth-order valence-corrected chi connectivity index (χ4v) is 1.27. The molecule has 0 spiro atoms. The maximum Gasteiger partial charge on any atom is 0.0229 e. The van der Waals surface area contributed by atoms with Gasteiger partial charge in [0.15, 0.2) is 0 Å². The van der Waals surface area contributed by atoms with Gasteiger partial charge in [0.2, 0.25) is 0 Å². The van der Waals surface area contributed by atoms with Gasteiger partial charge in [-0.25, -0.2) is 0 Å². The van der Waals surface area contributed by atoms with Gasteiger partial charge in [0.1, 0.15) is 0 Å². The lowest BCUT2D eigenvalue weighted by molar-refractivity contribution is 0.270. The van der Waals surface area contributed by atoms with E-state index in [0.717, 1.165) is 6.04 Å². The van der Waals surface area contributed by atoms with E-state index >= 15 is 0 Å². The van der Waals surface area contributed by atoms with Crippen LogP contribution in [0.25, 0.3) is 0 Å². The molecule has 0 unspecified atom stereocenters. The summed E-state index contributed by atoms with van der Waals surface area (Å²) < 4.78 is 0. The minimum absolute atomic E-state index is 0. The van der Waals surface area contributed by atoms with Crippen LogP contribution >= 0.6 is 24.8 Å². The van der Waals surface area contributed by atoms with Gasteiger partial charge in [-0.3, -0.25) is 0 Å². The summed E-state index contributed by atoms with van der Waals surface area (Å²) in [6.45, 7) is 5.77. The molecule has 1 aliphatic rings. The van der Waals surface area contributed by atoms with Crippen molar-refractivity contribution in [2.24, 2.45) is 0 Å². The van der Waals surface area contributed by atoms with Gasteiger partial charge in [-0.2, -0.15) is 0 Å². The molecule has 1 heterocycles. The molecule has 4 heteroatoms. The van der Waals surface area contributed by atoms with Gasteiger partial charge < -0.3 is 10.2 Å². The van der Waals surface area contributed by atoms with Crippen LogP contribution in [0, 0.1) is 0 Å². The first kappa shape index (κ1) is 14.0. The SMILES string of the molecule is CCN(C)[C@H]1CCNC1.Cl.Cl. The lowest BCUT2D eigenvalue weighted by Crippen LogP contribution is -2.32. The van der Waals surface area contributed by atoms with E-state index in [9.17, 15) is 0 Å². The van der Waals surface area contributed by atoms with Gasteiger partial charge in [0, 0.05) is 12.6 Å². The molecule has 1 fully saturated rings. The van der Waals surface area contributed by atoms with Crippen LogP contribution in [-0.4, -0.2) is 37.6 Å². The fraction of sp³-hybridized carbons (Fsp3) is 1.00. The number of halogens is 2. The zero-order valence-electron chi connectivity index (χ0n) is 7.17. The van der Waals surface area contributed by atoms with Gasteiger partial charge in [-0.1, -0.05) is 6.92 Å². The van der Waals surface area contributed by atoms with Gasteiger partial charge in [-0.05, 0) is 26.6 Å². The zero-order chi connectivity index (χ0) is 6.69. The molecule has 0 aromatic heterocycles. The summed E-state index contributed by atoms with van der Waals surface area (Å²) in [6.07, 6.45) is 1.32. The van der Waals surface area contributed by atoms with E-state index in [1.807, 2.05) is 0 Å². The van der Waals surface area contributed by atoms with E-state index < -0.39 is 0 Å². The van der Waals surface area contributed by atoms with Crippen LogP contribution in [0.4, 0.5) is 0 Å². The van der Waals surface area contributed by atoms with Crippen molar-refractivity contribution in [3.63, 3.8) is 0 Å². The average molecular weight is 201 g/mol. The third kappa shape index (κ3) is 4.16. The molecule has 0 bridgehead atoms. The molecule has 0 aromatic carbocycles. The van der Waals surface area contributed by atoms with Gasteiger partial charge in [0.05, 0.1) is 0 Å². The van der Waals surface area contributed by atoms with Crippen molar-refractivity contribution in [3.8, 4) is 0 Å². The quantitative estimate of drug-likeness (QED) is 0.720. The first-order valence-corrected chi connectivity index (χ1v) is 3.75. The van der Waals surface area contributed by atoms with Gasteiger partial charge >= 0.3 is 0 Å². The Hall–Kier alpha value is 0.500. The van der Waals surface area contributed by atoms with Crippen LogP contribution in [0.1, 0.15) is 13.3 Å². The van der Waals surface area contributed by atoms with Crippen LogP contribution < -0.4 is 5.32 Å². The Morgan fingerprint density at radius 2 is 2.09 bits per heavy atom. The minimum atomic E-state index is 0. The summed E-state index contributed by atoms with van der Waals surface area (Å²) in [4.78, 5) is 2.40. The summed E-state index contributed by atoms with van der Waals surface area (Å²) in [7, 11) is 2.19. The molecule has 0 saturated carbocycles. The summed E-state index contributed by atoms with van der Waals surface area (Å²) in [5, 5.41) is 3.35. The number of nitrogens with zero attached hydrogens (tertiary/aromatic N) is 1. The normalized spacial score (nSPS) is 22.6. The highest BCUT2D eigenvalue weighted by molar-refractivity contribution is 5.85. The molecule has 0 radical (unpaired) electrons. The Kier molecular flexibility index (Phi) is 9.15. The van der Waals surface area contributed by atoms with Gasteiger partial charge in [0.25, 0.3) is 0 Å². The number of nitrogens with one attached hydrogen (secondary N) is 1. The van der Waals surface area contributed by atoms with E-state index in [1.165, 1.54) is 26.1 Å². The Balaban J connectivity index is 0. The molecule has 0 aliphatic carbocycles. The lowest BCUT2D eigenvalue weighted by atomic mass is 10.2. The first-order chi connectivity index (χ1) is 4.34. The van der Waals surface area contributed by atoms with Crippen molar-refractivity contribution in [2.75, 3.05) is 26.7 Å². The smallest absolute Gasteiger partial charge is 0.0229 e. The fourth-order valence-electron chi connectivity index (χ4n) is 1.27. The highest BCUT2D eigenvalue weighted by Crippen LogP contribution is 2.04. The van der Waals surface area contributed by atoms with Gasteiger partial charge in [-0.15, -0.1) is 24.8 Å². The summed E-state index contributed by atoms with van der Waals surface area (Å²) in [5.74, 6) is 0. The Bertz CT molecular complexity index is 84.5. The number of hydrogen-bond donors (Lipinski definition) is 1. The third-order valence-electron chi connectivity index (χ3n) is 2.16. The van der Waals surface area contributed by atoms with Crippen LogP contribution in [0.3, 0.4) is 0 Å². The first-order valence-electron chi connectivity index (χ1n) is 3.75. The standard InChI is InChI=1S/C7H16N2.2ClH/c1-3-9(2)7-4-5-8-6-7;;/h7-8H,3-6H2,1-2H3;2*1H/t7-;;/m0../s1. The molecular formula is C7H18Cl2N2. The van der Waals surface area contributed by atoms with Crippen molar-refractivity contribution in [2.45, 2.75) is 19.4 Å². The molecule has 0 amide bonds. The molecule has 1 rings (SSSR count). The van der Waals surface area contributed by atoms with Crippen molar-refractivity contribution in [1.29, 1.82) is 0 Å². The average Bonchev–Trinajstić information content (AvgIpc) is 2.37. The minimum Gasteiger partial charge on any atom is -0.315 e. The van der Waals surface area contributed by atoms with E-state index in [0.29, 0.717) is 0 Å². The molecule has 1 N–H and O–H groups in total. The molecule has 0 aromatic rings. The number of likely N-dealkylation sites (N-methyl/N-ethyl adjacent to an activating group) is 1. The topological polar surface area (TPSA) is 15.3 Å². The van der Waals surface area contributed by atoms with E-state index in [2.05, 4.69) is 24.2 Å². The van der Waals surface area contributed by atoms with Crippen molar-refractivity contribution >= 4 is 24.8 Å². The second-order valence-electron chi connectivity index (χ2n) is 2.72. The lowest BCUT2D eigenvalue weighted by Gasteiger charge is -2.20. The third-order valence-corrected chi connectivity index (χ3v) is 2.16. The summed E-state index contributed by atoms with van der Waals surface area (Å²) in [6, 6.07) is 0.801. The predicted molar refractivity (Wildman–Crippen MR) is 54.1 cm³/mol. The second kappa shape index (κ2) is 7.17. The summed E-state index contributed by atoms with van der Waals surface area (Å²) >= 11 is 0. The monoisotopic (exact) mass is 200 g/mol. The van der Waals surface area contributed by atoms with Crippen molar-refractivity contribution in [3.05, 3.63) is 0 Å².